The van der Waals surface area contributed by atoms with Gasteiger partial charge in [0.2, 0.25) is 0 Å². The molecule has 5 rings (SSSR count). The highest BCUT2D eigenvalue weighted by Crippen LogP contribution is 2.30. The van der Waals surface area contributed by atoms with Gasteiger partial charge in [0.05, 0.1) is 5.39 Å². The van der Waals surface area contributed by atoms with E-state index in [4.69, 9.17) is 9.97 Å². The number of pyridine rings is 1. The van der Waals surface area contributed by atoms with Gasteiger partial charge in [0.1, 0.15) is 12.1 Å². The van der Waals surface area contributed by atoms with Crippen LogP contribution in [0, 0.1) is 20.8 Å². The number of anilines is 1. The minimum atomic E-state index is 0.688. The van der Waals surface area contributed by atoms with Gasteiger partial charge in [0.15, 0.2) is 17.1 Å². The highest BCUT2D eigenvalue weighted by Gasteiger charge is 2.20. The number of benzene rings is 1. The number of aromatic nitrogens is 6. The third-order valence-corrected chi connectivity index (χ3v) is 5.60. The molecule has 0 spiro atoms. The average molecular weight is 397 g/mol. The molecule has 0 N–H and O–H groups in total. The van der Waals surface area contributed by atoms with Crippen molar-refractivity contribution in [2.24, 2.45) is 0 Å². The lowest BCUT2D eigenvalue weighted by Crippen LogP contribution is -2.07. The Morgan fingerprint density at radius 2 is 1.67 bits per heavy atom. The van der Waals surface area contributed by atoms with Gasteiger partial charge in [-0.25, -0.2) is 19.5 Å². The van der Waals surface area contributed by atoms with Crippen LogP contribution in [-0.4, -0.2) is 43.2 Å². The summed E-state index contributed by atoms with van der Waals surface area (Å²) in [4.78, 5) is 16.2. The number of hydrogen-bond acceptors (Lipinski definition) is 5. The first kappa shape index (κ1) is 18.3. The molecule has 5 aromatic rings. The van der Waals surface area contributed by atoms with Gasteiger partial charge >= 0.3 is 0 Å². The van der Waals surface area contributed by atoms with Crippen molar-refractivity contribution in [3.8, 4) is 17.2 Å². The van der Waals surface area contributed by atoms with Crippen LogP contribution in [0.5, 0.6) is 0 Å². The molecule has 150 valence electrons. The van der Waals surface area contributed by atoms with Crippen molar-refractivity contribution in [3.63, 3.8) is 0 Å². The lowest BCUT2D eigenvalue weighted by Gasteiger charge is -2.11. The van der Waals surface area contributed by atoms with Crippen LogP contribution in [0.1, 0.15) is 16.8 Å². The summed E-state index contributed by atoms with van der Waals surface area (Å²) in [6.45, 7) is 6.26. The molecule has 0 aliphatic heterocycles. The predicted molar refractivity (Wildman–Crippen MR) is 119 cm³/mol. The van der Waals surface area contributed by atoms with Gasteiger partial charge in [-0.3, -0.25) is 4.57 Å². The monoisotopic (exact) mass is 397 g/mol. The maximum Gasteiger partial charge on any atom is 0.182 e. The van der Waals surface area contributed by atoms with Crippen LogP contribution in [0.3, 0.4) is 0 Å². The normalized spacial score (nSPS) is 11.5. The van der Waals surface area contributed by atoms with E-state index in [-0.39, 0.29) is 0 Å². The van der Waals surface area contributed by atoms with Crippen LogP contribution < -0.4 is 4.90 Å². The van der Waals surface area contributed by atoms with E-state index in [1.807, 2.05) is 26.4 Å². The van der Waals surface area contributed by atoms with Crippen LogP contribution in [0.2, 0.25) is 0 Å². The SMILES string of the molecule is Cc1ccnc(-n2c(C)c(C)c3c2ncn2nc(-c4ccc(N(C)C)cc4)nc32)c1. The molecule has 0 saturated carbocycles. The van der Waals surface area contributed by atoms with Crippen LogP contribution in [0.15, 0.2) is 48.9 Å². The number of fused-ring (bicyclic) bond motifs is 3. The lowest BCUT2D eigenvalue weighted by atomic mass is 10.2. The molecule has 30 heavy (non-hydrogen) atoms. The van der Waals surface area contributed by atoms with Gasteiger partial charge in [-0.2, -0.15) is 0 Å². The third kappa shape index (κ3) is 2.74. The fourth-order valence-corrected chi connectivity index (χ4v) is 3.81. The molecule has 0 amide bonds. The average Bonchev–Trinajstić information content (AvgIpc) is 3.27. The van der Waals surface area contributed by atoms with E-state index >= 15 is 0 Å². The molecule has 0 fully saturated rings. The molecule has 0 bridgehead atoms. The molecular weight excluding hydrogens is 374 g/mol. The Bertz CT molecular complexity index is 1390. The summed E-state index contributed by atoms with van der Waals surface area (Å²) in [6, 6.07) is 12.3. The summed E-state index contributed by atoms with van der Waals surface area (Å²) < 4.78 is 3.86. The Kier molecular flexibility index (Phi) is 4.06. The molecule has 1 aromatic carbocycles. The van der Waals surface area contributed by atoms with Crippen molar-refractivity contribution in [1.29, 1.82) is 0 Å². The summed E-state index contributed by atoms with van der Waals surface area (Å²) in [7, 11) is 4.05. The number of nitrogens with zero attached hydrogens (tertiary/aromatic N) is 7. The fraction of sp³-hybridized carbons (Fsp3) is 0.217. The van der Waals surface area contributed by atoms with Gasteiger partial charge in [0, 0.05) is 37.2 Å². The third-order valence-electron chi connectivity index (χ3n) is 5.60. The molecule has 0 saturated heterocycles. The Labute approximate surface area is 174 Å². The van der Waals surface area contributed by atoms with Gasteiger partial charge in [0.25, 0.3) is 0 Å². The molecule has 0 radical (unpaired) electrons. The largest absolute Gasteiger partial charge is 0.378 e. The standard InChI is InChI=1S/C23H23N7/c1-14-10-11-24-19(12-14)30-16(3)15(2)20-22(30)25-13-29-23(20)26-21(27-29)17-6-8-18(9-7-17)28(4)5/h6-13H,1-5H3. The molecule has 0 unspecified atom stereocenters. The van der Waals surface area contributed by atoms with E-state index in [9.17, 15) is 0 Å². The summed E-state index contributed by atoms with van der Waals surface area (Å²) in [5.41, 5.74) is 7.16. The predicted octanol–water partition coefficient (Wildman–Crippen LogP) is 4.12. The zero-order chi connectivity index (χ0) is 21.0. The minimum absolute atomic E-state index is 0.688. The van der Waals surface area contributed by atoms with E-state index < -0.39 is 0 Å². The zero-order valence-corrected chi connectivity index (χ0v) is 17.7. The highest BCUT2D eigenvalue weighted by molar-refractivity contribution is 5.95. The highest BCUT2D eigenvalue weighted by atomic mass is 15.3. The quantitative estimate of drug-likeness (QED) is 0.458. The van der Waals surface area contributed by atoms with Crippen molar-refractivity contribution < 1.29 is 0 Å². The van der Waals surface area contributed by atoms with Crippen molar-refractivity contribution in [1.82, 2.24) is 29.1 Å². The van der Waals surface area contributed by atoms with Gasteiger partial charge in [-0.1, -0.05) is 0 Å². The topological polar surface area (TPSA) is 64.1 Å². The minimum Gasteiger partial charge on any atom is -0.378 e. The Hall–Kier alpha value is -3.74. The van der Waals surface area contributed by atoms with Crippen LogP contribution in [0.4, 0.5) is 5.69 Å². The van der Waals surface area contributed by atoms with E-state index in [0.717, 1.165) is 50.6 Å². The van der Waals surface area contributed by atoms with E-state index in [2.05, 4.69) is 70.7 Å². The van der Waals surface area contributed by atoms with E-state index in [1.165, 1.54) is 0 Å². The summed E-state index contributed by atoms with van der Waals surface area (Å²) in [6.07, 6.45) is 3.56. The second-order valence-corrected chi connectivity index (χ2v) is 7.83. The number of hydrogen-bond donors (Lipinski definition) is 0. The molecule has 4 heterocycles. The molecule has 4 aromatic heterocycles. The van der Waals surface area contributed by atoms with Gasteiger partial charge < -0.3 is 4.90 Å². The summed E-state index contributed by atoms with van der Waals surface area (Å²) in [5, 5.41) is 5.68. The van der Waals surface area contributed by atoms with Crippen LogP contribution in [0.25, 0.3) is 33.9 Å². The Morgan fingerprint density at radius 3 is 2.37 bits per heavy atom. The van der Waals surface area contributed by atoms with Crippen LogP contribution in [-0.2, 0) is 0 Å². The van der Waals surface area contributed by atoms with Crippen molar-refractivity contribution in [2.75, 3.05) is 19.0 Å². The Balaban J connectivity index is 1.72. The van der Waals surface area contributed by atoms with Crippen molar-refractivity contribution in [3.05, 3.63) is 65.7 Å². The number of rotatable bonds is 3. The summed E-state index contributed by atoms with van der Waals surface area (Å²) >= 11 is 0. The molecule has 7 heteroatoms. The van der Waals surface area contributed by atoms with Crippen molar-refractivity contribution >= 4 is 22.4 Å². The van der Waals surface area contributed by atoms with Crippen LogP contribution >= 0.6 is 0 Å². The molecule has 0 aliphatic carbocycles. The Morgan fingerprint density at radius 1 is 0.900 bits per heavy atom. The number of aryl methyl sites for hydroxylation is 2. The molecule has 0 atom stereocenters. The van der Waals surface area contributed by atoms with E-state index in [1.54, 1.807) is 10.8 Å². The second-order valence-electron chi connectivity index (χ2n) is 7.83. The molecule has 0 aliphatic rings. The smallest absolute Gasteiger partial charge is 0.182 e. The first-order valence-electron chi connectivity index (χ1n) is 9.88. The maximum absolute atomic E-state index is 4.88. The van der Waals surface area contributed by atoms with Gasteiger partial charge in [-0.05, 0) is 68.3 Å². The maximum atomic E-state index is 4.88. The van der Waals surface area contributed by atoms with Crippen molar-refractivity contribution in [2.45, 2.75) is 20.8 Å². The molecule has 7 nitrogen and oxygen atoms in total. The zero-order valence-electron chi connectivity index (χ0n) is 17.7. The second kappa shape index (κ2) is 6.66. The lowest BCUT2D eigenvalue weighted by molar-refractivity contribution is 0.918. The fourth-order valence-electron chi connectivity index (χ4n) is 3.81. The van der Waals surface area contributed by atoms with Gasteiger partial charge in [-0.15, -0.1) is 5.10 Å². The first-order valence-corrected chi connectivity index (χ1v) is 9.88. The van der Waals surface area contributed by atoms with E-state index in [0.29, 0.717) is 5.82 Å². The summed E-state index contributed by atoms with van der Waals surface area (Å²) in [5.74, 6) is 1.55. The molecular formula is C23H23N7. The first-order chi connectivity index (χ1) is 14.4.